The van der Waals surface area contributed by atoms with Gasteiger partial charge >= 0.3 is 0 Å². The Morgan fingerprint density at radius 2 is 1.52 bits per heavy atom. The second-order valence-corrected chi connectivity index (χ2v) is 7.63. The van der Waals surface area contributed by atoms with Gasteiger partial charge < -0.3 is 9.80 Å². The number of carbonyl (C=O) groups excluding carboxylic acids is 3. The highest BCUT2D eigenvalue weighted by atomic mass is 16.2. The van der Waals surface area contributed by atoms with Gasteiger partial charge in [0.25, 0.3) is 11.8 Å². The summed E-state index contributed by atoms with van der Waals surface area (Å²) in [5.41, 5.74) is 3.13. The summed E-state index contributed by atoms with van der Waals surface area (Å²) in [7, 11) is 1.77. The van der Waals surface area contributed by atoms with E-state index in [-0.39, 0.29) is 30.7 Å². The summed E-state index contributed by atoms with van der Waals surface area (Å²) in [6.07, 6.45) is 2.51. The van der Waals surface area contributed by atoms with Gasteiger partial charge in [0, 0.05) is 45.3 Å². The van der Waals surface area contributed by atoms with Crippen LogP contribution >= 0.6 is 0 Å². The topological polar surface area (TPSA) is 60.9 Å². The van der Waals surface area contributed by atoms with Gasteiger partial charge in [0.1, 0.15) is 0 Å². The van der Waals surface area contributed by atoms with Crippen molar-refractivity contribution in [2.45, 2.75) is 25.8 Å². The van der Waals surface area contributed by atoms with Gasteiger partial charge in [0.15, 0.2) is 0 Å². The third-order valence-corrected chi connectivity index (χ3v) is 5.70. The SMILES string of the molecule is CN(Cc1ccccc1N1CCCC1)C(=O)CCN1C(=O)c2ccccc2C1=O. The molecule has 3 amide bonds. The van der Waals surface area contributed by atoms with E-state index in [0.29, 0.717) is 17.7 Å². The Hall–Kier alpha value is -3.15. The number of rotatable bonds is 6. The summed E-state index contributed by atoms with van der Waals surface area (Å²) in [6.45, 7) is 2.71. The molecular weight excluding hydrogens is 366 g/mol. The van der Waals surface area contributed by atoms with E-state index >= 15 is 0 Å². The molecule has 150 valence electrons. The number of hydrogen-bond acceptors (Lipinski definition) is 4. The maximum Gasteiger partial charge on any atom is 0.261 e. The minimum Gasteiger partial charge on any atom is -0.371 e. The molecule has 0 spiro atoms. The van der Waals surface area contributed by atoms with E-state index in [1.54, 1.807) is 36.2 Å². The summed E-state index contributed by atoms with van der Waals surface area (Å²) < 4.78 is 0. The first kappa shape index (κ1) is 19.2. The number of hydrogen-bond donors (Lipinski definition) is 0. The number of imide groups is 1. The Bertz CT molecular complexity index is 915. The molecule has 0 aromatic heterocycles. The molecule has 2 aromatic rings. The zero-order valence-corrected chi connectivity index (χ0v) is 16.6. The summed E-state index contributed by atoms with van der Waals surface area (Å²) in [4.78, 5) is 42.8. The van der Waals surface area contributed by atoms with E-state index in [1.807, 2.05) is 12.1 Å². The zero-order chi connectivity index (χ0) is 20.4. The molecule has 29 heavy (non-hydrogen) atoms. The normalized spacial score (nSPS) is 15.8. The second kappa shape index (κ2) is 8.07. The fourth-order valence-corrected chi connectivity index (χ4v) is 4.10. The van der Waals surface area contributed by atoms with Crippen LogP contribution in [0.15, 0.2) is 48.5 Å². The van der Waals surface area contributed by atoms with E-state index in [2.05, 4.69) is 17.0 Å². The molecule has 0 bridgehead atoms. The molecule has 6 heteroatoms. The van der Waals surface area contributed by atoms with E-state index in [9.17, 15) is 14.4 Å². The monoisotopic (exact) mass is 391 g/mol. The van der Waals surface area contributed by atoms with Crippen LogP contribution in [0.2, 0.25) is 0 Å². The average Bonchev–Trinajstić information content (AvgIpc) is 3.35. The zero-order valence-electron chi connectivity index (χ0n) is 16.6. The molecule has 2 aliphatic rings. The Labute approximate surface area is 170 Å². The van der Waals surface area contributed by atoms with Gasteiger partial charge in [-0.2, -0.15) is 0 Å². The van der Waals surface area contributed by atoms with Crippen molar-refractivity contribution in [2.24, 2.45) is 0 Å². The first-order chi connectivity index (χ1) is 14.1. The highest BCUT2D eigenvalue weighted by Gasteiger charge is 2.35. The summed E-state index contributed by atoms with van der Waals surface area (Å²) >= 11 is 0. The van der Waals surface area contributed by atoms with Gasteiger partial charge in [-0.05, 0) is 36.6 Å². The summed E-state index contributed by atoms with van der Waals surface area (Å²) in [6, 6.07) is 15.0. The maximum absolute atomic E-state index is 12.7. The maximum atomic E-state index is 12.7. The number of anilines is 1. The number of nitrogens with zero attached hydrogens (tertiary/aromatic N) is 3. The predicted octanol–water partition coefficient (Wildman–Crippen LogP) is 2.93. The van der Waals surface area contributed by atoms with Crippen molar-refractivity contribution in [1.82, 2.24) is 9.80 Å². The smallest absolute Gasteiger partial charge is 0.261 e. The minimum absolute atomic E-state index is 0.0854. The van der Waals surface area contributed by atoms with Crippen LogP contribution in [0.25, 0.3) is 0 Å². The van der Waals surface area contributed by atoms with Gasteiger partial charge in [-0.25, -0.2) is 0 Å². The van der Waals surface area contributed by atoms with Crippen molar-refractivity contribution in [3.8, 4) is 0 Å². The number of benzene rings is 2. The molecule has 0 unspecified atom stereocenters. The van der Waals surface area contributed by atoms with Crippen LogP contribution in [0.4, 0.5) is 5.69 Å². The standard InChI is InChI=1S/C23H25N3O3/c1-24(16-17-8-2-5-11-20(17)25-13-6-7-14-25)21(27)12-15-26-22(28)18-9-3-4-10-19(18)23(26)29/h2-5,8-11H,6-7,12-16H2,1H3. The number of amides is 3. The van der Waals surface area contributed by atoms with E-state index < -0.39 is 0 Å². The molecule has 2 aliphatic heterocycles. The molecule has 0 aliphatic carbocycles. The molecular formula is C23H25N3O3. The molecule has 0 saturated carbocycles. The fraction of sp³-hybridized carbons (Fsp3) is 0.348. The lowest BCUT2D eigenvalue weighted by atomic mass is 10.1. The largest absolute Gasteiger partial charge is 0.371 e. The fourth-order valence-electron chi connectivity index (χ4n) is 4.10. The second-order valence-electron chi connectivity index (χ2n) is 7.63. The van der Waals surface area contributed by atoms with Gasteiger partial charge in [-0.3, -0.25) is 19.3 Å². The lowest BCUT2D eigenvalue weighted by Gasteiger charge is -2.25. The van der Waals surface area contributed by atoms with Gasteiger partial charge in [0.05, 0.1) is 11.1 Å². The van der Waals surface area contributed by atoms with Crippen LogP contribution in [0, 0.1) is 0 Å². The van der Waals surface area contributed by atoms with E-state index in [1.165, 1.54) is 23.4 Å². The van der Waals surface area contributed by atoms with Crippen molar-refractivity contribution >= 4 is 23.4 Å². The predicted molar refractivity (Wildman–Crippen MR) is 111 cm³/mol. The van der Waals surface area contributed by atoms with E-state index in [4.69, 9.17) is 0 Å². The summed E-state index contributed by atoms with van der Waals surface area (Å²) in [5.74, 6) is -0.723. The highest BCUT2D eigenvalue weighted by Crippen LogP contribution is 2.26. The van der Waals surface area contributed by atoms with Gasteiger partial charge in [-0.1, -0.05) is 30.3 Å². The Morgan fingerprint density at radius 3 is 2.17 bits per heavy atom. The molecule has 0 atom stereocenters. The van der Waals surface area contributed by atoms with E-state index in [0.717, 1.165) is 18.7 Å². The number of fused-ring (bicyclic) bond motifs is 1. The van der Waals surface area contributed by atoms with Crippen molar-refractivity contribution < 1.29 is 14.4 Å². The lowest BCUT2D eigenvalue weighted by molar-refractivity contribution is -0.130. The van der Waals surface area contributed by atoms with Crippen LogP contribution in [-0.2, 0) is 11.3 Å². The van der Waals surface area contributed by atoms with Crippen LogP contribution < -0.4 is 4.90 Å². The van der Waals surface area contributed by atoms with Crippen LogP contribution in [0.5, 0.6) is 0 Å². The van der Waals surface area contributed by atoms with Crippen molar-refractivity contribution in [2.75, 3.05) is 31.6 Å². The number of para-hydroxylation sites is 1. The number of carbonyl (C=O) groups is 3. The molecule has 2 heterocycles. The van der Waals surface area contributed by atoms with Crippen LogP contribution in [0.1, 0.15) is 45.5 Å². The van der Waals surface area contributed by atoms with Crippen LogP contribution in [-0.4, -0.2) is 54.2 Å². The highest BCUT2D eigenvalue weighted by molar-refractivity contribution is 6.21. The third-order valence-electron chi connectivity index (χ3n) is 5.70. The van der Waals surface area contributed by atoms with Gasteiger partial charge in [0.2, 0.25) is 5.91 Å². The molecule has 1 fully saturated rings. The molecule has 2 aromatic carbocycles. The molecule has 4 rings (SSSR count). The first-order valence-corrected chi connectivity index (χ1v) is 10.1. The van der Waals surface area contributed by atoms with Crippen molar-refractivity contribution in [3.05, 3.63) is 65.2 Å². The minimum atomic E-state index is -0.319. The third kappa shape index (κ3) is 3.75. The van der Waals surface area contributed by atoms with Crippen molar-refractivity contribution in [1.29, 1.82) is 0 Å². The molecule has 0 N–H and O–H groups in total. The Balaban J connectivity index is 1.38. The first-order valence-electron chi connectivity index (χ1n) is 10.1. The summed E-state index contributed by atoms with van der Waals surface area (Å²) in [5, 5.41) is 0. The van der Waals surface area contributed by atoms with Crippen LogP contribution in [0.3, 0.4) is 0 Å². The molecule has 6 nitrogen and oxygen atoms in total. The van der Waals surface area contributed by atoms with Crippen molar-refractivity contribution in [3.63, 3.8) is 0 Å². The lowest BCUT2D eigenvalue weighted by Crippen LogP contribution is -2.35. The quantitative estimate of drug-likeness (QED) is 0.711. The average molecular weight is 391 g/mol. The molecule has 1 saturated heterocycles. The van der Waals surface area contributed by atoms with Gasteiger partial charge in [-0.15, -0.1) is 0 Å². The molecule has 0 radical (unpaired) electrons. The Morgan fingerprint density at radius 1 is 0.931 bits per heavy atom. The Kier molecular flexibility index (Phi) is 5.34.